The first-order chi connectivity index (χ1) is 8.60. The summed E-state index contributed by atoms with van der Waals surface area (Å²) >= 11 is 0. The zero-order chi connectivity index (χ0) is 14.0. The molecule has 0 spiro atoms. The third-order valence-corrected chi connectivity index (χ3v) is 5.42. The highest BCUT2D eigenvalue weighted by molar-refractivity contribution is 6.62. The van der Waals surface area contributed by atoms with Gasteiger partial charge in [0.1, 0.15) is 0 Å². The highest BCUT2D eigenvalue weighted by Crippen LogP contribution is 2.18. The van der Waals surface area contributed by atoms with E-state index in [2.05, 4.69) is 6.58 Å². The number of esters is 1. The summed E-state index contributed by atoms with van der Waals surface area (Å²) < 4.78 is 20.8. The van der Waals surface area contributed by atoms with Crippen LogP contribution in [0.25, 0.3) is 0 Å². The lowest BCUT2D eigenvalue weighted by Gasteiger charge is -2.30. The van der Waals surface area contributed by atoms with Crippen molar-refractivity contribution in [2.45, 2.75) is 38.3 Å². The Morgan fingerprint density at radius 3 is 1.89 bits per heavy atom. The Labute approximate surface area is 110 Å². The number of hydrogen-bond acceptors (Lipinski definition) is 5. The third kappa shape index (κ3) is 5.77. The smallest absolute Gasteiger partial charge is 0.455 e. The maximum Gasteiger partial charge on any atom is 0.543 e. The van der Waals surface area contributed by atoms with Crippen LogP contribution in [0.2, 0.25) is 0 Å². The van der Waals surface area contributed by atoms with Crippen molar-refractivity contribution >= 4 is 14.8 Å². The molecule has 18 heavy (non-hydrogen) atoms. The van der Waals surface area contributed by atoms with E-state index >= 15 is 0 Å². The molecule has 0 aromatic heterocycles. The molecule has 0 aromatic rings. The highest BCUT2D eigenvalue weighted by Gasteiger charge is 2.49. The van der Waals surface area contributed by atoms with Crippen LogP contribution in [-0.4, -0.2) is 41.8 Å². The van der Waals surface area contributed by atoms with Crippen molar-refractivity contribution in [3.05, 3.63) is 12.7 Å². The Morgan fingerprint density at radius 2 is 1.67 bits per heavy atom. The summed E-state index contributed by atoms with van der Waals surface area (Å²) in [6, 6.07) is 0. The summed E-state index contributed by atoms with van der Waals surface area (Å²) in [4.78, 5) is 11.1. The molecule has 6 heteroatoms. The summed E-state index contributed by atoms with van der Waals surface area (Å²) in [5.41, 5.74) is -0.511. The van der Waals surface area contributed by atoms with Gasteiger partial charge in [0.05, 0.1) is 0 Å². The number of ether oxygens (including phenoxy) is 1. The van der Waals surface area contributed by atoms with Crippen molar-refractivity contribution in [3.8, 4) is 0 Å². The minimum atomic E-state index is -2.92. The minimum absolute atomic E-state index is 0.509. The van der Waals surface area contributed by atoms with Crippen LogP contribution in [0.15, 0.2) is 12.7 Å². The van der Waals surface area contributed by atoms with E-state index in [0.29, 0.717) is 6.42 Å². The fourth-order valence-corrected chi connectivity index (χ4v) is 3.29. The molecule has 1 fully saturated rings. The summed E-state index contributed by atoms with van der Waals surface area (Å²) in [5.74, 6) is -0.509. The summed E-state index contributed by atoms with van der Waals surface area (Å²) in [7, 11) is 1.51. The first-order valence-corrected chi connectivity index (χ1v) is 7.88. The van der Waals surface area contributed by atoms with Gasteiger partial charge in [0, 0.05) is 27.4 Å². The molecule has 0 saturated heterocycles. The van der Waals surface area contributed by atoms with E-state index in [-0.39, 0.29) is 0 Å². The Balaban J connectivity index is 0.000000827. The van der Waals surface area contributed by atoms with Gasteiger partial charge in [-0.25, -0.2) is 4.79 Å². The van der Waals surface area contributed by atoms with Crippen LogP contribution in [0.3, 0.4) is 0 Å². The molecule has 0 bridgehead atoms. The first kappa shape index (κ1) is 17.3. The molecule has 0 amide bonds. The van der Waals surface area contributed by atoms with Gasteiger partial charge in [-0.1, -0.05) is 32.8 Å². The van der Waals surface area contributed by atoms with Crippen molar-refractivity contribution < 1.29 is 22.8 Å². The van der Waals surface area contributed by atoms with Crippen LogP contribution in [0, 0.1) is 0 Å². The van der Waals surface area contributed by atoms with Crippen LogP contribution in [0.5, 0.6) is 0 Å². The molecule has 1 rings (SSSR count). The highest BCUT2D eigenvalue weighted by atomic mass is 28.4. The molecule has 1 saturated carbocycles. The van der Waals surface area contributed by atoms with Gasteiger partial charge in [-0.15, -0.1) is 0 Å². The van der Waals surface area contributed by atoms with Gasteiger partial charge in [-0.05, 0) is 6.42 Å². The number of carbonyl (C=O) groups is 1. The van der Waals surface area contributed by atoms with Crippen LogP contribution >= 0.6 is 0 Å². The van der Waals surface area contributed by atoms with Crippen molar-refractivity contribution in [2.75, 3.05) is 21.3 Å². The van der Waals surface area contributed by atoms with E-state index < -0.39 is 20.5 Å². The Bertz CT molecular complexity index is 240. The SMILES string of the molecule is C1CC1.C=CC(=O)OC(CC)[Si](OC)(OC)OC. The molecule has 0 aromatic carbocycles. The van der Waals surface area contributed by atoms with Gasteiger partial charge in [-0.3, -0.25) is 0 Å². The second-order valence-electron chi connectivity index (χ2n) is 3.81. The zero-order valence-electron chi connectivity index (χ0n) is 11.7. The normalized spacial score (nSPS) is 15.1. The van der Waals surface area contributed by atoms with Crippen molar-refractivity contribution in [2.24, 2.45) is 0 Å². The summed E-state index contributed by atoms with van der Waals surface area (Å²) in [6.07, 6.45) is 6.16. The quantitative estimate of drug-likeness (QED) is 0.405. The number of hydrogen-bond donors (Lipinski definition) is 0. The Hall–Kier alpha value is -0.693. The molecule has 1 unspecified atom stereocenters. The molecule has 106 valence electrons. The zero-order valence-corrected chi connectivity index (χ0v) is 12.7. The van der Waals surface area contributed by atoms with Gasteiger partial charge in [0.25, 0.3) is 0 Å². The predicted octanol–water partition coefficient (Wildman–Crippen LogP) is 2.08. The van der Waals surface area contributed by atoms with Gasteiger partial charge in [-0.2, -0.15) is 0 Å². The second-order valence-corrected chi connectivity index (χ2v) is 6.89. The first-order valence-electron chi connectivity index (χ1n) is 6.08. The molecule has 1 aliphatic carbocycles. The van der Waals surface area contributed by atoms with E-state index in [4.69, 9.17) is 18.0 Å². The van der Waals surface area contributed by atoms with E-state index in [1.807, 2.05) is 6.92 Å². The third-order valence-electron chi connectivity index (χ3n) is 2.40. The van der Waals surface area contributed by atoms with E-state index in [0.717, 1.165) is 6.08 Å². The van der Waals surface area contributed by atoms with Crippen LogP contribution < -0.4 is 0 Å². The molecule has 0 N–H and O–H groups in total. The Kier molecular flexibility index (Phi) is 8.91. The second kappa shape index (κ2) is 9.27. The van der Waals surface area contributed by atoms with E-state index in [9.17, 15) is 4.79 Å². The predicted molar refractivity (Wildman–Crippen MR) is 71.0 cm³/mol. The molecule has 0 radical (unpaired) electrons. The largest absolute Gasteiger partial charge is 0.543 e. The topological polar surface area (TPSA) is 54.0 Å². The maximum atomic E-state index is 11.1. The molecule has 5 nitrogen and oxygen atoms in total. The fourth-order valence-electron chi connectivity index (χ4n) is 1.24. The average Bonchev–Trinajstić information content (AvgIpc) is 3.27. The molecular formula is C12H24O5Si. The van der Waals surface area contributed by atoms with Crippen LogP contribution in [0.1, 0.15) is 32.6 Å². The lowest BCUT2D eigenvalue weighted by Crippen LogP contribution is -2.55. The standard InChI is InChI=1S/C9H18O5Si.C3H6/c1-6-8(10)14-9(7-2)15(11-3,12-4)13-5;1-2-3-1/h6,9H,1,7H2,2-5H3;1-3H2. The average molecular weight is 276 g/mol. The minimum Gasteiger partial charge on any atom is -0.455 e. The van der Waals surface area contributed by atoms with Crippen molar-refractivity contribution in [3.63, 3.8) is 0 Å². The van der Waals surface area contributed by atoms with Gasteiger partial charge in [0.15, 0.2) is 5.73 Å². The molecule has 0 aliphatic heterocycles. The van der Waals surface area contributed by atoms with Crippen molar-refractivity contribution in [1.82, 2.24) is 0 Å². The summed E-state index contributed by atoms with van der Waals surface area (Å²) in [6.45, 7) is 5.19. The molecule has 1 atom stereocenters. The number of carbonyl (C=O) groups excluding carboxylic acids is 1. The Morgan fingerprint density at radius 1 is 1.22 bits per heavy atom. The van der Waals surface area contributed by atoms with Crippen LogP contribution in [-0.2, 0) is 22.8 Å². The van der Waals surface area contributed by atoms with Gasteiger partial charge >= 0.3 is 14.8 Å². The molecule has 1 aliphatic rings. The monoisotopic (exact) mass is 276 g/mol. The van der Waals surface area contributed by atoms with Gasteiger partial charge < -0.3 is 18.0 Å². The van der Waals surface area contributed by atoms with Crippen molar-refractivity contribution in [1.29, 1.82) is 0 Å². The van der Waals surface area contributed by atoms with Crippen LogP contribution in [0.4, 0.5) is 0 Å². The molecular weight excluding hydrogens is 252 g/mol. The fraction of sp³-hybridized carbons (Fsp3) is 0.750. The maximum absolute atomic E-state index is 11.1. The van der Waals surface area contributed by atoms with E-state index in [1.54, 1.807) is 0 Å². The lowest BCUT2D eigenvalue weighted by molar-refractivity contribution is -0.142. The van der Waals surface area contributed by atoms with E-state index in [1.165, 1.54) is 40.6 Å². The number of rotatable bonds is 7. The lowest BCUT2D eigenvalue weighted by atomic mass is 10.5. The van der Waals surface area contributed by atoms with Gasteiger partial charge in [0.2, 0.25) is 0 Å². The summed E-state index contributed by atoms with van der Waals surface area (Å²) in [5, 5.41) is 0. The molecule has 0 heterocycles.